The van der Waals surface area contributed by atoms with E-state index in [4.69, 9.17) is 19.4 Å². The molecule has 0 radical (unpaired) electrons. The zero-order valence-corrected chi connectivity index (χ0v) is 27.9. The summed E-state index contributed by atoms with van der Waals surface area (Å²) < 4.78 is 11.1. The summed E-state index contributed by atoms with van der Waals surface area (Å²) in [6, 6.07) is 55.0. The van der Waals surface area contributed by atoms with Crippen LogP contribution in [0.5, 0.6) is 0 Å². The van der Waals surface area contributed by atoms with E-state index in [-0.39, 0.29) is 0 Å². The predicted molar refractivity (Wildman–Crippen MR) is 211 cm³/mol. The quantitative estimate of drug-likeness (QED) is 0.187. The molecule has 0 unspecified atom stereocenters. The lowest BCUT2D eigenvalue weighted by Gasteiger charge is -2.11. The van der Waals surface area contributed by atoms with Crippen molar-refractivity contribution in [2.75, 3.05) is 0 Å². The molecule has 0 amide bonds. The van der Waals surface area contributed by atoms with Gasteiger partial charge in [0.2, 0.25) is 0 Å². The van der Waals surface area contributed by atoms with Crippen LogP contribution in [0.1, 0.15) is 0 Å². The molecular weight excluding hydrogens is 645 g/mol. The number of hydrogen-bond acceptors (Lipinski definition) is 5. The minimum absolute atomic E-state index is 0.605. The molecule has 0 atom stereocenters. The molecule has 0 saturated heterocycles. The van der Waals surface area contributed by atoms with Crippen LogP contribution in [-0.2, 0) is 0 Å². The van der Waals surface area contributed by atoms with Crippen LogP contribution >= 0.6 is 11.3 Å². The molecule has 4 aromatic heterocycles. The molecule has 51 heavy (non-hydrogen) atoms. The van der Waals surface area contributed by atoms with Crippen LogP contribution in [0.25, 0.3) is 104 Å². The maximum absolute atomic E-state index is 6.26. The summed E-state index contributed by atoms with van der Waals surface area (Å²) in [5.41, 5.74) is 7.84. The summed E-state index contributed by atoms with van der Waals surface area (Å²) in [4.78, 5) is 15.5. The van der Waals surface area contributed by atoms with E-state index in [0.717, 1.165) is 44.3 Å². The van der Waals surface area contributed by atoms with Crippen LogP contribution in [-0.4, -0.2) is 19.5 Å². The minimum Gasteiger partial charge on any atom is -0.456 e. The van der Waals surface area contributed by atoms with Gasteiger partial charge < -0.3 is 8.98 Å². The summed E-state index contributed by atoms with van der Waals surface area (Å²) >= 11 is 1.80. The number of rotatable bonds is 4. The van der Waals surface area contributed by atoms with E-state index < -0.39 is 0 Å². The molecule has 7 aromatic carbocycles. The highest BCUT2D eigenvalue weighted by Crippen LogP contribution is 2.39. The smallest absolute Gasteiger partial charge is 0.164 e. The van der Waals surface area contributed by atoms with Crippen molar-refractivity contribution < 1.29 is 4.42 Å². The van der Waals surface area contributed by atoms with Crippen LogP contribution in [0.3, 0.4) is 0 Å². The Morgan fingerprint density at radius 3 is 1.80 bits per heavy atom. The fourth-order valence-electron chi connectivity index (χ4n) is 7.54. The Morgan fingerprint density at radius 2 is 1.02 bits per heavy atom. The summed E-state index contributed by atoms with van der Waals surface area (Å²) in [7, 11) is 0. The van der Waals surface area contributed by atoms with Crippen molar-refractivity contribution in [3.05, 3.63) is 158 Å². The molecular formula is C45H26N4OS. The number of aromatic nitrogens is 4. The Kier molecular flexibility index (Phi) is 6.05. The fourth-order valence-corrected chi connectivity index (χ4v) is 8.63. The van der Waals surface area contributed by atoms with Gasteiger partial charge in [0.25, 0.3) is 0 Å². The highest BCUT2D eigenvalue weighted by atomic mass is 32.1. The van der Waals surface area contributed by atoms with Crippen molar-refractivity contribution in [3.63, 3.8) is 0 Å². The maximum atomic E-state index is 6.26. The molecule has 6 heteroatoms. The van der Waals surface area contributed by atoms with Crippen LogP contribution < -0.4 is 0 Å². The first-order valence-corrected chi connectivity index (χ1v) is 17.8. The van der Waals surface area contributed by atoms with E-state index in [9.17, 15) is 0 Å². The zero-order valence-electron chi connectivity index (χ0n) is 27.1. The van der Waals surface area contributed by atoms with Crippen LogP contribution in [0.15, 0.2) is 162 Å². The molecule has 0 aliphatic carbocycles. The third-order valence-electron chi connectivity index (χ3n) is 9.88. The van der Waals surface area contributed by atoms with Crippen molar-refractivity contribution in [1.29, 1.82) is 0 Å². The van der Waals surface area contributed by atoms with E-state index in [2.05, 4.69) is 132 Å². The zero-order chi connectivity index (χ0) is 33.5. The van der Waals surface area contributed by atoms with Gasteiger partial charge in [-0.15, -0.1) is 11.3 Å². The van der Waals surface area contributed by atoms with Gasteiger partial charge in [-0.2, -0.15) is 0 Å². The molecule has 0 spiro atoms. The van der Waals surface area contributed by atoms with Gasteiger partial charge in [-0.25, -0.2) is 15.0 Å². The van der Waals surface area contributed by atoms with Gasteiger partial charge in [-0.1, -0.05) is 84.9 Å². The molecule has 0 fully saturated rings. The van der Waals surface area contributed by atoms with Crippen molar-refractivity contribution in [2.24, 2.45) is 0 Å². The second-order valence-corrected chi connectivity index (χ2v) is 13.9. The minimum atomic E-state index is 0.605. The van der Waals surface area contributed by atoms with Crippen LogP contribution in [0.2, 0.25) is 0 Å². The summed E-state index contributed by atoms with van der Waals surface area (Å²) in [6.45, 7) is 0. The van der Waals surface area contributed by atoms with Gasteiger partial charge in [0, 0.05) is 64.1 Å². The van der Waals surface area contributed by atoms with Gasteiger partial charge in [0.1, 0.15) is 11.2 Å². The second kappa shape index (κ2) is 10.9. The van der Waals surface area contributed by atoms with Gasteiger partial charge in [-0.05, 0) is 72.8 Å². The SMILES string of the molecule is c1ccc2c(c1)oc1cccc(-c3nc(-c4ccc(-n5c6ccccc6c6ccccc65)cc4)nc(-c4ccc5sc6ccccc6c5c4)n3)c12. The Bertz CT molecular complexity index is 3100. The Hall–Kier alpha value is -6.63. The molecule has 11 rings (SSSR count). The molecule has 11 aromatic rings. The van der Waals surface area contributed by atoms with Crippen LogP contribution in [0.4, 0.5) is 0 Å². The Morgan fingerprint density at radius 1 is 0.431 bits per heavy atom. The van der Waals surface area contributed by atoms with Crippen molar-refractivity contribution >= 4 is 75.3 Å². The second-order valence-electron chi connectivity index (χ2n) is 12.8. The summed E-state index contributed by atoms with van der Waals surface area (Å²) in [6.07, 6.45) is 0. The molecule has 0 aliphatic heterocycles. The number of nitrogens with zero attached hydrogens (tertiary/aromatic N) is 4. The van der Waals surface area contributed by atoms with Crippen molar-refractivity contribution in [3.8, 4) is 39.9 Å². The maximum Gasteiger partial charge on any atom is 0.164 e. The average Bonchev–Trinajstić information content (AvgIpc) is 3.87. The first-order chi connectivity index (χ1) is 25.3. The van der Waals surface area contributed by atoms with E-state index in [1.807, 2.05) is 30.3 Å². The normalized spacial score (nSPS) is 11.9. The Labute approximate surface area is 295 Å². The lowest BCUT2D eigenvalue weighted by molar-refractivity contribution is 0.669. The van der Waals surface area contributed by atoms with Gasteiger partial charge >= 0.3 is 0 Å². The third-order valence-corrected chi connectivity index (χ3v) is 11.0. The first kappa shape index (κ1) is 28.2. The number of thiophene rings is 1. The summed E-state index contributed by atoms with van der Waals surface area (Å²) in [5, 5.41) is 6.95. The number of hydrogen-bond donors (Lipinski definition) is 0. The van der Waals surface area contributed by atoms with Crippen molar-refractivity contribution in [2.45, 2.75) is 0 Å². The van der Waals surface area contributed by atoms with Gasteiger partial charge in [0.05, 0.1) is 11.0 Å². The molecule has 0 saturated carbocycles. The largest absolute Gasteiger partial charge is 0.456 e. The number of furan rings is 1. The number of para-hydroxylation sites is 3. The van der Waals surface area contributed by atoms with Crippen molar-refractivity contribution in [1.82, 2.24) is 19.5 Å². The van der Waals surface area contributed by atoms with Gasteiger partial charge in [0.15, 0.2) is 17.5 Å². The van der Waals surface area contributed by atoms with Crippen LogP contribution in [0, 0.1) is 0 Å². The average molecular weight is 671 g/mol. The van der Waals surface area contributed by atoms with E-state index in [1.165, 1.54) is 42.0 Å². The molecule has 4 heterocycles. The lowest BCUT2D eigenvalue weighted by Crippen LogP contribution is -2.01. The molecule has 0 N–H and O–H groups in total. The topological polar surface area (TPSA) is 56.7 Å². The molecule has 0 aliphatic rings. The lowest BCUT2D eigenvalue weighted by atomic mass is 10.0. The summed E-state index contributed by atoms with van der Waals surface area (Å²) in [5.74, 6) is 1.85. The predicted octanol–water partition coefficient (Wildman–Crippen LogP) is 12.2. The van der Waals surface area contributed by atoms with E-state index in [1.54, 1.807) is 11.3 Å². The molecule has 5 nitrogen and oxygen atoms in total. The number of benzene rings is 7. The third kappa shape index (κ3) is 4.37. The highest BCUT2D eigenvalue weighted by Gasteiger charge is 2.19. The monoisotopic (exact) mass is 670 g/mol. The number of fused-ring (bicyclic) bond motifs is 9. The molecule has 0 bridgehead atoms. The molecule has 238 valence electrons. The van der Waals surface area contributed by atoms with E-state index in [0.29, 0.717) is 17.5 Å². The van der Waals surface area contributed by atoms with E-state index >= 15 is 0 Å². The van der Waals surface area contributed by atoms with Gasteiger partial charge in [-0.3, -0.25) is 0 Å². The standard InChI is InChI=1S/C45H26N4OS/c1-5-15-36-30(10-1)31-11-2-6-16-37(31)49(36)29-23-20-27(21-24-29)43-46-44(28-22-25-41-35(26-28)32-12-4-8-19-40(32)51-41)48-45(47-43)34-14-9-18-39-42(34)33-13-3-7-17-38(33)50-39/h1-26H. The highest BCUT2D eigenvalue weighted by molar-refractivity contribution is 7.25. The first-order valence-electron chi connectivity index (χ1n) is 16.9. The Balaban J connectivity index is 1.12. The fraction of sp³-hybridized carbons (Fsp3) is 0.